The second-order valence-corrected chi connectivity index (χ2v) is 18.1. The van der Waals surface area contributed by atoms with Crippen molar-refractivity contribution in [2.75, 3.05) is 21.3 Å². The summed E-state index contributed by atoms with van der Waals surface area (Å²) in [5.41, 5.74) is 13.6. The van der Waals surface area contributed by atoms with Gasteiger partial charge in [0.05, 0.1) is 0 Å². The molecule has 0 aliphatic carbocycles. The third kappa shape index (κ3) is 9.22. The number of hydrogen-bond donors (Lipinski definition) is 4. The molecule has 10 nitrogen and oxygen atoms in total. The van der Waals surface area contributed by atoms with E-state index in [0.717, 1.165) is 67.3 Å². The molecule has 1 aliphatic rings. The van der Waals surface area contributed by atoms with Crippen LogP contribution in [0.15, 0.2) is 133 Å². The lowest BCUT2D eigenvalue weighted by Gasteiger charge is -2.22. The summed E-state index contributed by atoms with van der Waals surface area (Å²) < 4.78 is 0. The monoisotopic (exact) mass is 854 g/mol. The molecule has 0 atom stereocenters. The van der Waals surface area contributed by atoms with Crippen LogP contribution in [-0.4, -0.2) is 29.9 Å². The molecule has 6 aromatic carbocycles. The Morgan fingerprint density at radius 3 is 0.823 bits per heavy atom. The maximum absolute atomic E-state index is 6.52. The third-order valence-electron chi connectivity index (χ3n) is 10.6. The zero-order valence-electron chi connectivity index (χ0n) is 35.1. The van der Waals surface area contributed by atoms with Gasteiger partial charge in [-0.2, -0.15) is 29.9 Å². The molecule has 4 N–H and O–H groups in total. The number of nitrogens with zero attached hydrogens (tertiary/aromatic N) is 6. The van der Waals surface area contributed by atoms with Crippen molar-refractivity contribution in [1.82, 2.24) is 29.9 Å². The Labute approximate surface area is 371 Å². The standard InChI is InChI=1S/C50H44Cl2N10/c1-49(2,3)37-21-33-19-34(22-37)30-12-8-16-40(26-30)54-46-58-44(52)60-48(62-46)56-42-18-10-14-32(28-42)36-20-35(23-38(24-36)50(4,5)6)31-13-9-17-41(27-31)55-47-59-43(51)57-45(61-47)53-39-15-7-11-29(33)25-39/h7-28H,1-6H3,(H2,53,55,57,59,61)(H2,54,56,58,60,62). The molecule has 0 saturated heterocycles. The van der Waals surface area contributed by atoms with Gasteiger partial charge in [-0.15, -0.1) is 0 Å². The van der Waals surface area contributed by atoms with E-state index in [-0.39, 0.29) is 21.4 Å². The summed E-state index contributed by atoms with van der Waals surface area (Å²) in [6, 6.07) is 46.1. The van der Waals surface area contributed by atoms with E-state index in [1.807, 2.05) is 48.5 Å². The maximum Gasteiger partial charge on any atom is 0.233 e. The zero-order valence-corrected chi connectivity index (χ0v) is 36.7. The molecular weight excluding hydrogens is 812 g/mol. The highest BCUT2D eigenvalue weighted by Crippen LogP contribution is 2.38. The highest BCUT2D eigenvalue weighted by Gasteiger charge is 2.20. The Morgan fingerprint density at radius 2 is 0.581 bits per heavy atom. The van der Waals surface area contributed by atoms with Gasteiger partial charge in [-0.3, -0.25) is 0 Å². The van der Waals surface area contributed by atoms with E-state index < -0.39 is 0 Å². The van der Waals surface area contributed by atoms with Crippen molar-refractivity contribution < 1.29 is 0 Å². The van der Waals surface area contributed by atoms with Gasteiger partial charge in [0.25, 0.3) is 0 Å². The summed E-state index contributed by atoms with van der Waals surface area (Å²) in [7, 11) is 0. The van der Waals surface area contributed by atoms with Crippen molar-refractivity contribution >= 4 is 69.7 Å². The van der Waals surface area contributed by atoms with Crippen molar-refractivity contribution in [3.05, 3.63) is 155 Å². The van der Waals surface area contributed by atoms with Crippen molar-refractivity contribution in [3.63, 3.8) is 0 Å². The van der Waals surface area contributed by atoms with Gasteiger partial charge in [0.15, 0.2) is 0 Å². The van der Waals surface area contributed by atoms with Gasteiger partial charge in [0, 0.05) is 22.7 Å². The minimum absolute atomic E-state index is 0.0631. The average Bonchev–Trinajstić information content (AvgIpc) is 3.22. The molecule has 0 unspecified atom stereocenters. The number of halogens is 2. The highest BCUT2D eigenvalue weighted by atomic mass is 35.5. The minimum atomic E-state index is -0.122. The molecule has 8 aromatic rings. The van der Waals surface area contributed by atoms with E-state index in [2.05, 4.69) is 168 Å². The number of fused-ring (bicyclic) bond motifs is 20. The van der Waals surface area contributed by atoms with Gasteiger partial charge < -0.3 is 21.3 Å². The van der Waals surface area contributed by atoms with Gasteiger partial charge in [-0.25, -0.2) is 0 Å². The van der Waals surface area contributed by atoms with Crippen LogP contribution in [0.1, 0.15) is 52.7 Å². The fourth-order valence-corrected chi connectivity index (χ4v) is 7.65. The van der Waals surface area contributed by atoms with Crippen molar-refractivity contribution in [2.24, 2.45) is 0 Å². The van der Waals surface area contributed by atoms with Crippen LogP contribution in [0.25, 0.3) is 44.5 Å². The predicted molar refractivity (Wildman–Crippen MR) is 255 cm³/mol. The number of aromatic nitrogens is 6. The molecule has 9 rings (SSSR count). The van der Waals surface area contributed by atoms with Crippen LogP contribution in [0.5, 0.6) is 0 Å². The lowest BCUT2D eigenvalue weighted by Crippen LogP contribution is -2.11. The first-order valence-corrected chi connectivity index (χ1v) is 21.1. The Morgan fingerprint density at radius 1 is 0.323 bits per heavy atom. The lowest BCUT2D eigenvalue weighted by atomic mass is 9.83. The van der Waals surface area contributed by atoms with Crippen molar-refractivity contribution in [1.29, 1.82) is 0 Å². The molecule has 2 aromatic heterocycles. The number of hydrogen-bond acceptors (Lipinski definition) is 10. The van der Waals surface area contributed by atoms with Crippen LogP contribution < -0.4 is 21.3 Å². The first-order valence-electron chi connectivity index (χ1n) is 20.3. The number of benzene rings is 6. The van der Waals surface area contributed by atoms with Gasteiger partial charge in [-0.1, -0.05) is 114 Å². The number of rotatable bonds is 0. The second-order valence-electron chi connectivity index (χ2n) is 17.4. The van der Waals surface area contributed by atoms with Crippen LogP contribution >= 0.6 is 23.2 Å². The predicted octanol–water partition coefficient (Wildman–Crippen LogP) is 13.9. The summed E-state index contributed by atoms with van der Waals surface area (Å²) >= 11 is 13.0. The topological polar surface area (TPSA) is 125 Å². The van der Waals surface area contributed by atoms with E-state index in [0.29, 0.717) is 23.8 Å². The Hall–Kier alpha value is -6.88. The van der Waals surface area contributed by atoms with Crippen molar-refractivity contribution in [3.8, 4) is 44.5 Å². The molecule has 62 heavy (non-hydrogen) atoms. The van der Waals surface area contributed by atoms with E-state index >= 15 is 0 Å². The Balaban J connectivity index is 1.18. The lowest BCUT2D eigenvalue weighted by molar-refractivity contribution is 0.590. The van der Waals surface area contributed by atoms with Crippen LogP contribution in [0.4, 0.5) is 46.5 Å². The summed E-state index contributed by atoms with van der Waals surface area (Å²) in [5, 5.41) is 13.6. The quantitative estimate of drug-likeness (QED) is 0.117. The van der Waals surface area contributed by atoms with E-state index in [1.165, 1.54) is 11.1 Å². The largest absolute Gasteiger partial charge is 0.324 e. The highest BCUT2D eigenvalue weighted by molar-refractivity contribution is 6.28. The first kappa shape index (κ1) is 40.5. The molecule has 0 fully saturated rings. The molecule has 0 amide bonds. The number of anilines is 8. The van der Waals surface area contributed by atoms with E-state index in [9.17, 15) is 0 Å². The minimum Gasteiger partial charge on any atom is -0.324 e. The zero-order chi connectivity index (χ0) is 43.2. The molecular formula is C50H44Cl2N10. The number of nitrogens with one attached hydrogen (secondary N) is 4. The summed E-state index contributed by atoms with van der Waals surface area (Å²) in [4.78, 5) is 27.1. The second kappa shape index (κ2) is 16.2. The molecule has 3 heterocycles. The third-order valence-corrected chi connectivity index (χ3v) is 11.0. The smallest absolute Gasteiger partial charge is 0.233 e. The fourth-order valence-electron chi connectivity index (χ4n) is 7.33. The summed E-state index contributed by atoms with van der Waals surface area (Å²) in [5.74, 6) is 1.25. The molecule has 16 bridgehead atoms. The van der Waals surface area contributed by atoms with Crippen LogP contribution in [0.3, 0.4) is 0 Å². The van der Waals surface area contributed by atoms with Gasteiger partial charge in [-0.05, 0) is 150 Å². The van der Waals surface area contributed by atoms with Crippen LogP contribution in [0.2, 0.25) is 10.6 Å². The van der Waals surface area contributed by atoms with Crippen LogP contribution in [-0.2, 0) is 10.8 Å². The van der Waals surface area contributed by atoms with Crippen molar-refractivity contribution in [2.45, 2.75) is 52.4 Å². The van der Waals surface area contributed by atoms with Gasteiger partial charge in [0.1, 0.15) is 0 Å². The molecule has 0 radical (unpaired) electrons. The molecule has 0 spiro atoms. The normalized spacial score (nSPS) is 12.4. The van der Waals surface area contributed by atoms with E-state index in [4.69, 9.17) is 33.2 Å². The summed E-state index contributed by atoms with van der Waals surface area (Å²) in [6.45, 7) is 13.3. The maximum atomic E-state index is 6.52. The average molecular weight is 856 g/mol. The molecule has 308 valence electrons. The fraction of sp³-hybridized carbons (Fsp3) is 0.160. The SMILES string of the molecule is CC(C)(C)c1cc2cc(c1)-c1cccc(c1)Nc1nc(Cl)nc(n1)Nc1cccc(c1)-c1cc(cc(C(C)(C)C)c1)-c1cccc(c1)Nc1nc(Cl)nc(n1)Nc1cccc-2c1. The van der Waals surface area contributed by atoms with Crippen LogP contribution in [0, 0.1) is 0 Å². The Bertz CT molecular complexity index is 2620. The van der Waals surface area contributed by atoms with Gasteiger partial charge >= 0.3 is 0 Å². The summed E-state index contributed by atoms with van der Waals surface area (Å²) in [6.07, 6.45) is 0. The molecule has 12 heteroatoms. The molecule has 0 saturated carbocycles. The Kier molecular flexibility index (Phi) is 10.6. The first-order chi connectivity index (χ1) is 29.7. The van der Waals surface area contributed by atoms with E-state index in [1.54, 1.807) is 0 Å². The van der Waals surface area contributed by atoms with Gasteiger partial charge in [0.2, 0.25) is 34.4 Å². The molecule has 1 aliphatic heterocycles.